The molecule has 1 unspecified atom stereocenters. The van der Waals surface area contributed by atoms with Crippen molar-refractivity contribution in [1.29, 1.82) is 0 Å². The molecule has 3 rings (SSSR count). The summed E-state index contributed by atoms with van der Waals surface area (Å²) >= 11 is 1.11. The maximum atomic E-state index is 11.8. The van der Waals surface area contributed by atoms with E-state index in [2.05, 4.69) is 9.97 Å². The number of rotatable bonds is 2. The molecule has 0 amide bonds. The lowest BCUT2D eigenvalue weighted by atomic mass is 9.90. The van der Waals surface area contributed by atoms with Gasteiger partial charge in [-0.15, -0.1) is 0 Å². The number of aliphatic hydroxyl groups excluding tert-OH is 2. The molecule has 2 aliphatic heterocycles. The summed E-state index contributed by atoms with van der Waals surface area (Å²) in [6.07, 6.45) is 1.30. The summed E-state index contributed by atoms with van der Waals surface area (Å²) in [6, 6.07) is 0. The minimum atomic E-state index is -0.686. The zero-order valence-corrected chi connectivity index (χ0v) is 12.1. The Hall–Kier alpha value is -1.22. The van der Waals surface area contributed by atoms with Crippen molar-refractivity contribution in [2.75, 3.05) is 12.3 Å². The first-order valence-corrected chi connectivity index (χ1v) is 7.67. The third-order valence-electron chi connectivity index (χ3n) is 3.87. The molecule has 4 N–H and O–H groups in total. The first kappa shape index (κ1) is 14.7. The van der Waals surface area contributed by atoms with E-state index in [9.17, 15) is 15.0 Å². The van der Waals surface area contributed by atoms with Gasteiger partial charge in [-0.25, -0.2) is 9.97 Å². The molecule has 0 aromatic carbocycles. The van der Waals surface area contributed by atoms with E-state index in [0.717, 1.165) is 11.8 Å². The molecule has 0 aliphatic carbocycles. The average molecular weight is 311 g/mol. The van der Waals surface area contributed by atoms with Gasteiger partial charge in [0.25, 0.3) is 0 Å². The Morgan fingerprint density at radius 1 is 1.52 bits per heavy atom. The highest BCUT2D eigenvalue weighted by Gasteiger charge is 2.42. The number of hydrogen-bond donors (Lipinski definition) is 3. The van der Waals surface area contributed by atoms with Crippen molar-refractivity contribution in [1.82, 2.24) is 9.97 Å². The molecule has 114 valence electrons. The van der Waals surface area contributed by atoms with Gasteiger partial charge in [0.2, 0.25) is 5.95 Å². The van der Waals surface area contributed by atoms with Crippen molar-refractivity contribution in [2.24, 2.45) is 0 Å². The number of fused-ring (bicyclic) bond motifs is 1. The highest BCUT2D eigenvalue weighted by molar-refractivity contribution is 8.13. The van der Waals surface area contributed by atoms with E-state index in [1.807, 2.05) is 0 Å². The zero-order chi connectivity index (χ0) is 15.0. The quantitative estimate of drug-likeness (QED) is 0.702. The molecule has 0 saturated carbocycles. The SMILES string of the molecule is Nc1ncc2c(n1)C([C@@H]1O[C@H](CO)C[C@H]1O)CCC(=O)S2. The molecule has 1 saturated heterocycles. The van der Waals surface area contributed by atoms with E-state index in [1.165, 1.54) is 0 Å². The van der Waals surface area contributed by atoms with Crippen LogP contribution in [0.1, 0.15) is 30.9 Å². The van der Waals surface area contributed by atoms with Gasteiger partial charge in [0.15, 0.2) is 5.12 Å². The molecule has 2 aliphatic rings. The maximum Gasteiger partial charge on any atom is 0.220 e. The number of ether oxygens (including phenoxy) is 1. The molecule has 1 fully saturated rings. The lowest BCUT2D eigenvalue weighted by Gasteiger charge is -2.25. The van der Waals surface area contributed by atoms with Crippen molar-refractivity contribution in [2.45, 2.75) is 48.4 Å². The molecule has 3 heterocycles. The van der Waals surface area contributed by atoms with Crippen LogP contribution in [0.25, 0.3) is 0 Å². The third kappa shape index (κ3) is 2.89. The minimum Gasteiger partial charge on any atom is -0.394 e. The summed E-state index contributed by atoms with van der Waals surface area (Å²) < 4.78 is 5.73. The van der Waals surface area contributed by atoms with Crippen LogP contribution in [0.15, 0.2) is 11.1 Å². The first-order chi connectivity index (χ1) is 10.1. The molecule has 7 nitrogen and oxygen atoms in total. The van der Waals surface area contributed by atoms with Crippen molar-refractivity contribution >= 4 is 22.8 Å². The van der Waals surface area contributed by atoms with Crippen LogP contribution in [-0.4, -0.2) is 50.2 Å². The van der Waals surface area contributed by atoms with Gasteiger partial charge in [0.05, 0.1) is 35.5 Å². The predicted molar refractivity (Wildman–Crippen MR) is 75.7 cm³/mol. The Labute approximate surface area is 125 Å². The van der Waals surface area contributed by atoms with Gasteiger partial charge in [0.1, 0.15) is 0 Å². The number of hydrogen-bond acceptors (Lipinski definition) is 8. The Morgan fingerprint density at radius 3 is 3.05 bits per heavy atom. The number of anilines is 1. The summed E-state index contributed by atoms with van der Waals surface area (Å²) in [5.74, 6) is -0.0873. The van der Waals surface area contributed by atoms with Gasteiger partial charge < -0.3 is 20.7 Å². The largest absolute Gasteiger partial charge is 0.394 e. The molecule has 4 atom stereocenters. The van der Waals surface area contributed by atoms with Crippen LogP contribution in [0.5, 0.6) is 0 Å². The standard InChI is InChI=1S/C13H17N3O4S/c14-13-15-4-9-11(16-13)7(1-2-10(19)21-9)12-8(18)3-6(5-17)20-12/h4,6-8,12,17-18H,1-3,5H2,(H2,14,15,16)/t6-,7?,8+,12-/m0/s1. The Morgan fingerprint density at radius 2 is 2.33 bits per heavy atom. The van der Waals surface area contributed by atoms with Gasteiger partial charge in [0, 0.05) is 25.0 Å². The fourth-order valence-electron chi connectivity index (χ4n) is 2.90. The summed E-state index contributed by atoms with van der Waals surface area (Å²) in [5, 5.41) is 19.4. The number of nitrogens with zero attached hydrogens (tertiary/aromatic N) is 2. The van der Waals surface area contributed by atoms with Crippen LogP contribution in [0.3, 0.4) is 0 Å². The molecular weight excluding hydrogens is 294 g/mol. The molecule has 8 heteroatoms. The predicted octanol–water partition coefficient (Wildman–Crippen LogP) is 0.0656. The molecule has 0 spiro atoms. The average Bonchev–Trinajstić information content (AvgIpc) is 2.75. The Bertz CT molecular complexity index is 556. The monoisotopic (exact) mass is 311 g/mol. The van der Waals surface area contributed by atoms with E-state index >= 15 is 0 Å². The van der Waals surface area contributed by atoms with Gasteiger partial charge in [-0.1, -0.05) is 0 Å². The molecule has 0 bridgehead atoms. The lowest BCUT2D eigenvalue weighted by molar-refractivity contribution is -0.111. The second kappa shape index (κ2) is 5.88. The molecule has 21 heavy (non-hydrogen) atoms. The summed E-state index contributed by atoms with van der Waals surface area (Å²) in [4.78, 5) is 20.7. The van der Waals surface area contributed by atoms with E-state index < -0.39 is 12.2 Å². The zero-order valence-electron chi connectivity index (χ0n) is 11.3. The van der Waals surface area contributed by atoms with E-state index in [4.69, 9.17) is 10.5 Å². The van der Waals surface area contributed by atoms with Crippen molar-refractivity contribution in [3.8, 4) is 0 Å². The van der Waals surface area contributed by atoms with Crippen molar-refractivity contribution in [3.05, 3.63) is 11.9 Å². The summed E-state index contributed by atoms with van der Waals surface area (Å²) in [7, 11) is 0. The Balaban J connectivity index is 1.95. The number of aromatic nitrogens is 2. The van der Waals surface area contributed by atoms with Crippen LogP contribution in [-0.2, 0) is 9.53 Å². The molecule has 1 aromatic rings. The van der Waals surface area contributed by atoms with E-state index in [1.54, 1.807) is 6.20 Å². The second-order valence-corrected chi connectivity index (χ2v) is 6.40. The summed E-state index contributed by atoms with van der Waals surface area (Å²) in [5.41, 5.74) is 6.31. The smallest absolute Gasteiger partial charge is 0.220 e. The number of nitrogen functional groups attached to an aromatic ring is 1. The van der Waals surface area contributed by atoms with Crippen LogP contribution < -0.4 is 5.73 Å². The number of thioether (sulfide) groups is 1. The highest BCUT2D eigenvalue weighted by atomic mass is 32.2. The van der Waals surface area contributed by atoms with Gasteiger partial charge in [-0.05, 0) is 18.2 Å². The highest BCUT2D eigenvalue weighted by Crippen LogP contribution is 2.41. The van der Waals surface area contributed by atoms with Crippen molar-refractivity contribution < 1.29 is 19.7 Å². The number of nitrogens with two attached hydrogens (primary N) is 1. The maximum absolute atomic E-state index is 11.8. The molecular formula is C13H17N3O4S. The Kier molecular flexibility index (Phi) is 4.12. The topological polar surface area (TPSA) is 119 Å². The molecule has 1 aromatic heterocycles. The van der Waals surface area contributed by atoms with Gasteiger partial charge in [-0.3, -0.25) is 4.79 Å². The van der Waals surface area contributed by atoms with Crippen LogP contribution in [0.4, 0.5) is 5.95 Å². The van der Waals surface area contributed by atoms with E-state index in [0.29, 0.717) is 29.9 Å². The minimum absolute atomic E-state index is 0.0401. The summed E-state index contributed by atoms with van der Waals surface area (Å²) in [6.45, 7) is -0.132. The van der Waals surface area contributed by atoms with Crippen LogP contribution in [0.2, 0.25) is 0 Å². The van der Waals surface area contributed by atoms with Crippen LogP contribution in [0, 0.1) is 0 Å². The van der Waals surface area contributed by atoms with Crippen molar-refractivity contribution in [3.63, 3.8) is 0 Å². The fraction of sp³-hybridized carbons (Fsp3) is 0.615. The van der Waals surface area contributed by atoms with Gasteiger partial charge >= 0.3 is 0 Å². The first-order valence-electron chi connectivity index (χ1n) is 6.86. The normalized spacial score (nSPS) is 32.8. The lowest BCUT2D eigenvalue weighted by Crippen LogP contribution is -2.30. The van der Waals surface area contributed by atoms with Gasteiger partial charge in [-0.2, -0.15) is 0 Å². The fourth-order valence-corrected chi connectivity index (χ4v) is 3.77. The molecule has 0 radical (unpaired) electrons. The van der Waals surface area contributed by atoms with E-state index in [-0.39, 0.29) is 29.7 Å². The van der Waals surface area contributed by atoms with Crippen LogP contribution >= 0.6 is 11.8 Å². The second-order valence-electron chi connectivity index (χ2n) is 5.31. The number of carbonyl (C=O) groups excluding carboxylic acids is 1. The third-order valence-corrected chi connectivity index (χ3v) is 4.84. The number of aliphatic hydroxyl groups is 2. The number of carbonyl (C=O) groups is 1.